The predicted molar refractivity (Wildman–Crippen MR) is 85.9 cm³/mol. The molecule has 1 heterocycles. The van der Waals surface area contributed by atoms with Crippen molar-refractivity contribution >= 4 is 17.8 Å². The van der Waals surface area contributed by atoms with Crippen molar-refractivity contribution in [3.8, 4) is 5.75 Å². The van der Waals surface area contributed by atoms with Crippen molar-refractivity contribution in [2.75, 3.05) is 20.3 Å². The molecule has 1 unspecified atom stereocenters. The second-order valence-corrected chi connectivity index (χ2v) is 5.65. The molecule has 1 aliphatic rings. The van der Waals surface area contributed by atoms with Crippen molar-refractivity contribution in [3.05, 3.63) is 29.8 Å². The van der Waals surface area contributed by atoms with Gasteiger partial charge in [0.25, 0.3) is 5.91 Å². The van der Waals surface area contributed by atoms with Crippen LogP contribution in [0.4, 0.5) is 0 Å². The topological polar surface area (TPSA) is 84.9 Å². The Hall–Kier alpha value is -2.57. The highest BCUT2D eigenvalue weighted by atomic mass is 16.5. The smallest absolute Gasteiger partial charge is 0.311 e. The molecule has 1 N–H and O–H groups in total. The molecule has 0 aliphatic carbocycles. The molecular weight excluding hydrogens is 312 g/mol. The summed E-state index contributed by atoms with van der Waals surface area (Å²) >= 11 is 0. The summed E-state index contributed by atoms with van der Waals surface area (Å²) in [5, 5.41) is 1.11. The summed E-state index contributed by atoms with van der Waals surface area (Å²) in [7, 11) is 1.26. The third-order valence-corrected chi connectivity index (χ3v) is 3.75. The standard InChI is InChI=1S/C17H22N2O5/c1-3-4-12-5-7-14(8-6-12)24-11-16(21)19-10-13(17(22)23-2)9-15(20)18-19/h5-8,13H,3-4,9-11H2,1-2H3,(H,18,20). The lowest BCUT2D eigenvalue weighted by Crippen LogP contribution is -2.55. The maximum absolute atomic E-state index is 12.2. The first-order valence-electron chi connectivity index (χ1n) is 7.93. The highest BCUT2D eigenvalue weighted by Crippen LogP contribution is 2.15. The molecule has 1 fully saturated rings. The van der Waals surface area contributed by atoms with Crippen molar-refractivity contribution < 1.29 is 23.9 Å². The van der Waals surface area contributed by atoms with Crippen molar-refractivity contribution in [1.29, 1.82) is 0 Å². The summed E-state index contributed by atoms with van der Waals surface area (Å²) in [4.78, 5) is 35.4. The molecule has 130 valence electrons. The minimum absolute atomic E-state index is 0.0101. The number of hydrogen-bond donors (Lipinski definition) is 1. The molecule has 7 nitrogen and oxygen atoms in total. The fourth-order valence-corrected chi connectivity index (χ4v) is 2.50. The van der Waals surface area contributed by atoms with Crippen LogP contribution in [0.5, 0.6) is 5.75 Å². The van der Waals surface area contributed by atoms with E-state index in [9.17, 15) is 14.4 Å². The fraction of sp³-hybridized carbons (Fsp3) is 0.471. The Morgan fingerprint density at radius 1 is 1.29 bits per heavy atom. The van der Waals surface area contributed by atoms with Crippen LogP contribution in [0.1, 0.15) is 25.3 Å². The number of hydrazine groups is 1. The van der Waals surface area contributed by atoms with Gasteiger partial charge in [-0.25, -0.2) is 0 Å². The molecule has 0 radical (unpaired) electrons. The van der Waals surface area contributed by atoms with Crippen LogP contribution in [0.15, 0.2) is 24.3 Å². The van der Waals surface area contributed by atoms with Crippen molar-refractivity contribution in [2.24, 2.45) is 5.92 Å². The monoisotopic (exact) mass is 334 g/mol. The SMILES string of the molecule is CCCc1ccc(OCC(=O)N2CC(C(=O)OC)CC(=O)N2)cc1. The van der Waals surface area contributed by atoms with Crippen molar-refractivity contribution in [3.63, 3.8) is 0 Å². The number of carbonyl (C=O) groups is 3. The number of esters is 1. The summed E-state index contributed by atoms with van der Waals surface area (Å²) in [6, 6.07) is 7.53. The van der Waals surface area contributed by atoms with E-state index in [1.54, 1.807) is 0 Å². The van der Waals surface area contributed by atoms with Gasteiger partial charge in [-0.3, -0.25) is 24.8 Å². The minimum atomic E-state index is -0.652. The molecular formula is C17H22N2O5. The third kappa shape index (κ3) is 4.71. The maximum atomic E-state index is 12.2. The first-order valence-corrected chi connectivity index (χ1v) is 7.93. The van der Waals surface area contributed by atoms with Gasteiger partial charge >= 0.3 is 5.97 Å². The van der Waals surface area contributed by atoms with Crippen LogP contribution >= 0.6 is 0 Å². The molecule has 0 saturated carbocycles. The van der Waals surface area contributed by atoms with E-state index in [0.717, 1.165) is 17.9 Å². The van der Waals surface area contributed by atoms with Crippen molar-refractivity contribution in [1.82, 2.24) is 10.4 Å². The first-order chi connectivity index (χ1) is 11.5. The normalized spacial score (nSPS) is 17.2. The number of carbonyl (C=O) groups excluding carboxylic acids is 3. The third-order valence-electron chi connectivity index (χ3n) is 3.75. The predicted octanol–water partition coefficient (Wildman–Crippen LogP) is 1.07. The average molecular weight is 334 g/mol. The zero-order valence-corrected chi connectivity index (χ0v) is 13.9. The first kappa shape index (κ1) is 17.8. The molecule has 1 aromatic rings. The number of ether oxygens (including phenoxy) is 2. The Bertz CT molecular complexity index is 600. The lowest BCUT2D eigenvalue weighted by Gasteiger charge is -2.31. The summed E-state index contributed by atoms with van der Waals surface area (Å²) in [6.07, 6.45) is 2.07. The van der Waals surface area contributed by atoms with Gasteiger partial charge in [0.05, 0.1) is 19.6 Å². The van der Waals surface area contributed by atoms with Gasteiger partial charge in [0.1, 0.15) is 5.75 Å². The highest BCUT2D eigenvalue weighted by molar-refractivity contribution is 5.88. The van der Waals surface area contributed by atoms with Crippen LogP contribution < -0.4 is 10.2 Å². The Balaban J connectivity index is 1.89. The quantitative estimate of drug-likeness (QED) is 0.787. The lowest BCUT2D eigenvalue weighted by molar-refractivity contribution is -0.157. The largest absolute Gasteiger partial charge is 0.484 e. The van der Waals surface area contributed by atoms with E-state index >= 15 is 0 Å². The Labute approximate surface area is 140 Å². The van der Waals surface area contributed by atoms with Gasteiger partial charge in [0, 0.05) is 6.42 Å². The summed E-state index contributed by atoms with van der Waals surface area (Å²) in [5.74, 6) is -1.39. The molecule has 24 heavy (non-hydrogen) atoms. The molecule has 1 aliphatic heterocycles. The van der Waals surface area contributed by atoms with Gasteiger partial charge in [0.15, 0.2) is 6.61 Å². The van der Waals surface area contributed by atoms with E-state index in [1.807, 2.05) is 24.3 Å². The van der Waals surface area contributed by atoms with Crippen LogP contribution in [-0.2, 0) is 25.5 Å². The lowest BCUT2D eigenvalue weighted by atomic mass is 10.0. The molecule has 0 aromatic heterocycles. The van der Waals surface area contributed by atoms with E-state index in [0.29, 0.717) is 5.75 Å². The number of hydrogen-bond acceptors (Lipinski definition) is 5. The molecule has 0 spiro atoms. The average Bonchev–Trinajstić information content (AvgIpc) is 2.59. The number of aryl methyl sites for hydroxylation is 1. The van der Waals surface area contributed by atoms with E-state index in [1.165, 1.54) is 12.7 Å². The second kappa shape index (κ2) is 8.33. The number of methoxy groups -OCH3 is 1. The molecule has 0 bridgehead atoms. The Kier molecular flexibility index (Phi) is 6.17. The van der Waals surface area contributed by atoms with Gasteiger partial charge < -0.3 is 9.47 Å². The minimum Gasteiger partial charge on any atom is -0.484 e. The van der Waals surface area contributed by atoms with E-state index in [4.69, 9.17) is 4.74 Å². The zero-order chi connectivity index (χ0) is 17.5. The van der Waals surface area contributed by atoms with Gasteiger partial charge in [0.2, 0.25) is 5.91 Å². The number of amides is 2. The number of nitrogens with one attached hydrogen (secondary N) is 1. The number of benzene rings is 1. The molecule has 2 amide bonds. The Morgan fingerprint density at radius 3 is 2.62 bits per heavy atom. The number of rotatable bonds is 6. The fourth-order valence-electron chi connectivity index (χ4n) is 2.50. The van der Waals surface area contributed by atoms with Crippen LogP contribution in [0, 0.1) is 5.92 Å². The van der Waals surface area contributed by atoms with E-state index in [-0.39, 0.29) is 19.6 Å². The van der Waals surface area contributed by atoms with E-state index < -0.39 is 23.7 Å². The van der Waals surface area contributed by atoms with Gasteiger partial charge in [-0.05, 0) is 24.1 Å². The molecule has 7 heteroatoms. The van der Waals surface area contributed by atoms with Crippen LogP contribution in [0.25, 0.3) is 0 Å². The summed E-state index contributed by atoms with van der Waals surface area (Å²) in [5.41, 5.74) is 3.65. The molecule has 1 atom stereocenters. The molecule has 1 saturated heterocycles. The Morgan fingerprint density at radius 2 is 2.00 bits per heavy atom. The summed E-state index contributed by atoms with van der Waals surface area (Å²) < 4.78 is 10.1. The van der Waals surface area contributed by atoms with Crippen LogP contribution in [-0.4, -0.2) is 43.1 Å². The van der Waals surface area contributed by atoms with Gasteiger partial charge in [-0.15, -0.1) is 0 Å². The summed E-state index contributed by atoms with van der Waals surface area (Å²) in [6.45, 7) is 1.97. The van der Waals surface area contributed by atoms with Crippen molar-refractivity contribution in [2.45, 2.75) is 26.2 Å². The maximum Gasteiger partial charge on any atom is 0.311 e. The second-order valence-electron chi connectivity index (χ2n) is 5.65. The van der Waals surface area contributed by atoms with Crippen LogP contribution in [0.2, 0.25) is 0 Å². The number of nitrogens with zero attached hydrogens (tertiary/aromatic N) is 1. The molecule has 2 rings (SSSR count). The van der Waals surface area contributed by atoms with Gasteiger partial charge in [-0.2, -0.15) is 0 Å². The highest BCUT2D eigenvalue weighted by Gasteiger charge is 2.33. The molecule has 1 aromatic carbocycles. The van der Waals surface area contributed by atoms with Crippen LogP contribution in [0.3, 0.4) is 0 Å². The van der Waals surface area contributed by atoms with E-state index in [2.05, 4.69) is 17.1 Å². The van der Waals surface area contributed by atoms with Gasteiger partial charge in [-0.1, -0.05) is 25.5 Å². The zero-order valence-electron chi connectivity index (χ0n) is 13.9.